The average molecular weight is 436 g/mol. The molecule has 0 aromatic heterocycles. The second-order valence-corrected chi connectivity index (χ2v) is 8.89. The van der Waals surface area contributed by atoms with Crippen LogP contribution in [0.2, 0.25) is 0 Å². The molecule has 0 atom stereocenters. The summed E-state index contributed by atoms with van der Waals surface area (Å²) in [6, 6.07) is 13.2. The van der Waals surface area contributed by atoms with E-state index in [0.717, 1.165) is 49.2 Å². The van der Waals surface area contributed by atoms with Gasteiger partial charge in [0.2, 0.25) is 0 Å². The van der Waals surface area contributed by atoms with Gasteiger partial charge in [-0.25, -0.2) is 0 Å². The molecule has 2 heterocycles. The molecule has 4 rings (SSSR count). The summed E-state index contributed by atoms with van der Waals surface area (Å²) in [4.78, 5) is 16.9. The van der Waals surface area contributed by atoms with Gasteiger partial charge in [-0.15, -0.1) is 0 Å². The van der Waals surface area contributed by atoms with E-state index in [4.69, 9.17) is 4.74 Å². The number of phenols is 1. The molecule has 0 radical (unpaired) electrons. The molecular weight excluding hydrogens is 402 g/mol. The van der Waals surface area contributed by atoms with Crippen LogP contribution in [0.5, 0.6) is 11.5 Å². The Morgan fingerprint density at radius 2 is 1.81 bits per heavy atom. The smallest absolute Gasteiger partial charge is 0.253 e. The Kier molecular flexibility index (Phi) is 6.53. The van der Waals surface area contributed by atoms with Crippen molar-refractivity contribution in [1.29, 1.82) is 0 Å². The molecule has 6 nitrogen and oxygen atoms in total. The number of benzene rings is 2. The third-order valence-corrected chi connectivity index (χ3v) is 6.37. The third-order valence-electron chi connectivity index (χ3n) is 6.37. The maximum atomic E-state index is 13.0. The zero-order valence-electron chi connectivity index (χ0n) is 19.2. The van der Waals surface area contributed by atoms with Crippen LogP contribution in [0.15, 0.2) is 48.5 Å². The van der Waals surface area contributed by atoms with Crippen molar-refractivity contribution in [1.82, 2.24) is 15.1 Å². The number of piperidine rings is 1. The van der Waals surface area contributed by atoms with Crippen LogP contribution < -0.4 is 10.1 Å². The number of aromatic hydroxyl groups is 1. The van der Waals surface area contributed by atoms with Crippen molar-refractivity contribution in [3.63, 3.8) is 0 Å². The summed E-state index contributed by atoms with van der Waals surface area (Å²) >= 11 is 0. The van der Waals surface area contributed by atoms with Crippen LogP contribution in [0.3, 0.4) is 0 Å². The van der Waals surface area contributed by atoms with Crippen LogP contribution in [0.4, 0.5) is 0 Å². The highest BCUT2D eigenvalue weighted by Gasteiger charge is 2.38. The quantitative estimate of drug-likeness (QED) is 0.729. The lowest BCUT2D eigenvalue weighted by atomic mass is 9.83. The van der Waals surface area contributed by atoms with Gasteiger partial charge in [-0.05, 0) is 75.6 Å². The van der Waals surface area contributed by atoms with Crippen molar-refractivity contribution in [3.8, 4) is 11.5 Å². The number of rotatable bonds is 6. The van der Waals surface area contributed by atoms with E-state index in [9.17, 15) is 9.90 Å². The zero-order valence-corrected chi connectivity index (χ0v) is 19.2. The predicted octanol–water partition coefficient (Wildman–Crippen LogP) is 3.36. The Balaban J connectivity index is 1.65. The van der Waals surface area contributed by atoms with Crippen molar-refractivity contribution in [2.45, 2.75) is 25.4 Å². The lowest BCUT2D eigenvalue weighted by molar-refractivity contribution is 0.0753. The second-order valence-electron chi connectivity index (χ2n) is 8.89. The molecule has 0 unspecified atom stereocenters. The van der Waals surface area contributed by atoms with E-state index in [1.807, 2.05) is 62.3 Å². The van der Waals surface area contributed by atoms with Gasteiger partial charge >= 0.3 is 0 Å². The Morgan fingerprint density at radius 3 is 2.47 bits per heavy atom. The number of likely N-dealkylation sites (N-methyl/N-ethyl adjacent to an activating group) is 2. The standard InChI is InChI=1S/C26H33N3O3/c1-4-29(17-16-28(2)3)25(31)20-10-8-19(9-11-20)21-18-26(12-14-27-15-13-26)32-23-7-5-6-22(30)24(21)23/h5-11,18,27,30H,4,12-17H2,1-3H3. The molecule has 2 aliphatic heterocycles. The molecule has 0 saturated carbocycles. The van der Waals surface area contributed by atoms with Gasteiger partial charge < -0.3 is 25.0 Å². The van der Waals surface area contributed by atoms with Crippen molar-refractivity contribution in [3.05, 3.63) is 65.2 Å². The third kappa shape index (κ3) is 4.52. The number of nitrogens with one attached hydrogen (secondary N) is 1. The molecule has 2 aliphatic rings. The van der Waals surface area contributed by atoms with Gasteiger partial charge in [0, 0.05) is 38.0 Å². The molecule has 0 bridgehead atoms. The first kappa shape index (κ1) is 22.4. The molecular formula is C26H33N3O3. The van der Waals surface area contributed by atoms with Gasteiger partial charge in [0.15, 0.2) is 0 Å². The highest BCUT2D eigenvalue weighted by molar-refractivity contribution is 5.95. The first-order chi connectivity index (χ1) is 15.4. The predicted molar refractivity (Wildman–Crippen MR) is 127 cm³/mol. The van der Waals surface area contributed by atoms with E-state index < -0.39 is 0 Å². The van der Waals surface area contributed by atoms with E-state index >= 15 is 0 Å². The number of fused-ring (bicyclic) bond motifs is 1. The molecule has 2 aromatic rings. The number of amides is 1. The topological polar surface area (TPSA) is 65.0 Å². The fourth-order valence-corrected chi connectivity index (χ4v) is 4.48. The molecule has 2 N–H and O–H groups in total. The van der Waals surface area contributed by atoms with E-state index in [1.54, 1.807) is 6.07 Å². The summed E-state index contributed by atoms with van der Waals surface area (Å²) in [6.07, 6.45) is 3.92. The zero-order chi connectivity index (χ0) is 22.7. The minimum absolute atomic E-state index is 0.0416. The van der Waals surface area contributed by atoms with Gasteiger partial charge in [-0.1, -0.05) is 18.2 Å². The van der Waals surface area contributed by atoms with E-state index in [1.165, 1.54) is 0 Å². The number of phenolic OH excluding ortho intramolecular Hbond substituents is 1. The average Bonchev–Trinajstić information content (AvgIpc) is 2.79. The van der Waals surface area contributed by atoms with Crippen LogP contribution in [0.1, 0.15) is 41.3 Å². The second kappa shape index (κ2) is 9.35. The Hall–Kier alpha value is -2.83. The number of carbonyl (C=O) groups is 1. The van der Waals surface area contributed by atoms with Crippen LogP contribution in [-0.2, 0) is 0 Å². The van der Waals surface area contributed by atoms with Gasteiger partial charge in [0.1, 0.15) is 17.1 Å². The number of hydrogen-bond acceptors (Lipinski definition) is 5. The molecule has 32 heavy (non-hydrogen) atoms. The fourth-order valence-electron chi connectivity index (χ4n) is 4.48. The van der Waals surface area contributed by atoms with E-state index in [2.05, 4.69) is 16.3 Å². The van der Waals surface area contributed by atoms with Crippen LogP contribution in [0, 0.1) is 0 Å². The van der Waals surface area contributed by atoms with Gasteiger partial charge in [-0.3, -0.25) is 4.79 Å². The summed E-state index contributed by atoms with van der Waals surface area (Å²) in [6.45, 7) is 6.00. The monoisotopic (exact) mass is 435 g/mol. The summed E-state index contributed by atoms with van der Waals surface area (Å²) < 4.78 is 6.41. The van der Waals surface area contributed by atoms with Gasteiger partial charge in [0.05, 0.1) is 5.56 Å². The lowest BCUT2D eigenvalue weighted by Crippen LogP contribution is -2.46. The van der Waals surface area contributed by atoms with Crippen molar-refractivity contribution < 1.29 is 14.6 Å². The molecule has 6 heteroatoms. The lowest BCUT2D eigenvalue weighted by Gasteiger charge is -2.40. The largest absolute Gasteiger partial charge is 0.507 e. The fraction of sp³-hybridized carbons (Fsp3) is 0.423. The van der Waals surface area contributed by atoms with E-state index in [-0.39, 0.29) is 17.3 Å². The maximum absolute atomic E-state index is 13.0. The molecule has 1 saturated heterocycles. The van der Waals surface area contributed by atoms with Crippen LogP contribution >= 0.6 is 0 Å². The minimum Gasteiger partial charge on any atom is -0.507 e. The Morgan fingerprint density at radius 1 is 1.09 bits per heavy atom. The van der Waals surface area contributed by atoms with Crippen molar-refractivity contribution in [2.75, 3.05) is 46.8 Å². The van der Waals surface area contributed by atoms with Crippen molar-refractivity contribution in [2.24, 2.45) is 0 Å². The Bertz CT molecular complexity index is 992. The molecule has 1 fully saturated rings. The number of carbonyl (C=O) groups excluding carboxylic acids is 1. The molecule has 2 aromatic carbocycles. The summed E-state index contributed by atoms with van der Waals surface area (Å²) in [5.41, 5.74) is 2.96. The summed E-state index contributed by atoms with van der Waals surface area (Å²) in [5, 5.41) is 14.0. The Labute approximate surface area is 190 Å². The molecule has 1 amide bonds. The van der Waals surface area contributed by atoms with Gasteiger partial charge in [0.25, 0.3) is 5.91 Å². The first-order valence-electron chi connectivity index (χ1n) is 11.4. The van der Waals surface area contributed by atoms with E-state index in [0.29, 0.717) is 24.4 Å². The molecule has 1 spiro atoms. The molecule has 170 valence electrons. The first-order valence-corrected chi connectivity index (χ1v) is 11.4. The summed E-state index contributed by atoms with van der Waals surface area (Å²) in [5.74, 6) is 0.962. The normalized spacial score (nSPS) is 16.9. The van der Waals surface area contributed by atoms with Crippen LogP contribution in [-0.4, -0.2) is 73.2 Å². The SMILES string of the molecule is CCN(CCN(C)C)C(=O)c1ccc(C2=CC3(CCNCC3)Oc3cccc(O)c32)cc1. The van der Waals surface area contributed by atoms with Crippen molar-refractivity contribution >= 4 is 11.5 Å². The maximum Gasteiger partial charge on any atom is 0.253 e. The van der Waals surface area contributed by atoms with Crippen LogP contribution in [0.25, 0.3) is 5.57 Å². The minimum atomic E-state index is -0.374. The summed E-state index contributed by atoms with van der Waals surface area (Å²) in [7, 11) is 4.02. The number of ether oxygens (including phenoxy) is 1. The number of nitrogens with zero attached hydrogens (tertiary/aromatic N) is 2. The molecule has 0 aliphatic carbocycles. The highest BCUT2D eigenvalue weighted by atomic mass is 16.5. The number of hydrogen-bond donors (Lipinski definition) is 2. The van der Waals surface area contributed by atoms with Gasteiger partial charge in [-0.2, -0.15) is 0 Å². The highest BCUT2D eigenvalue weighted by Crippen LogP contribution is 2.46.